The highest BCUT2D eigenvalue weighted by Gasteiger charge is 2.46. The molecular weight excluding hydrogens is 362 g/mol. The van der Waals surface area contributed by atoms with Crippen molar-refractivity contribution in [3.63, 3.8) is 0 Å². The molecule has 2 N–H and O–H groups in total. The first-order chi connectivity index (χ1) is 12.6. The van der Waals surface area contributed by atoms with Gasteiger partial charge in [-0.25, -0.2) is 12.7 Å². The molecular formula is C20H33N3O3S. The van der Waals surface area contributed by atoms with Crippen molar-refractivity contribution in [3.05, 3.63) is 35.9 Å². The summed E-state index contributed by atoms with van der Waals surface area (Å²) in [5.41, 5.74) is 5.94. The van der Waals surface area contributed by atoms with Crippen LogP contribution in [-0.2, 0) is 20.2 Å². The molecule has 0 aromatic heterocycles. The van der Waals surface area contributed by atoms with Gasteiger partial charge in [0.25, 0.3) is 0 Å². The number of hydrogen-bond acceptors (Lipinski definition) is 4. The largest absolute Gasteiger partial charge is 0.344 e. The fraction of sp³-hybridized carbons (Fsp3) is 0.650. The molecule has 6 nitrogen and oxygen atoms in total. The number of carbonyl (C=O) groups excluding carboxylic acids is 1. The number of nitrogens with zero attached hydrogens (tertiary/aromatic N) is 2. The van der Waals surface area contributed by atoms with Crippen LogP contribution in [0.4, 0.5) is 0 Å². The van der Waals surface area contributed by atoms with Gasteiger partial charge in [0.05, 0.1) is 11.2 Å². The second-order valence-electron chi connectivity index (χ2n) is 8.28. The zero-order valence-electron chi connectivity index (χ0n) is 16.9. The van der Waals surface area contributed by atoms with E-state index in [1.807, 2.05) is 51.2 Å². The van der Waals surface area contributed by atoms with Crippen LogP contribution in [0, 0.1) is 5.41 Å². The van der Waals surface area contributed by atoms with Gasteiger partial charge in [0.2, 0.25) is 15.9 Å². The molecule has 1 heterocycles. The van der Waals surface area contributed by atoms with Gasteiger partial charge in [0, 0.05) is 26.7 Å². The Bertz CT molecular complexity index is 739. The molecule has 0 aliphatic carbocycles. The lowest BCUT2D eigenvalue weighted by Crippen LogP contribution is -2.54. The van der Waals surface area contributed by atoms with Crippen molar-refractivity contribution in [2.75, 3.05) is 39.0 Å². The molecule has 0 bridgehead atoms. The lowest BCUT2D eigenvalue weighted by Gasteiger charge is -2.43. The molecule has 27 heavy (non-hydrogen) atoms. The number of rotatable bonds is 7. The Morgan fingerprint density at radius 1 is 1.22 bits per heavy atom. The van der Waals surface area contributed by atoms with E-state index in [1.165, 1.54) is 4.31 Å². The number of amides is 1. The lowest BCUT2D eigenvalue weighted by atomic mass is 9.72. The van der Waals surface area contributed by atoms with Crippen molar-refractivity contribution in [1.82, 2.24) is 9.21 Å². The van der Waals surface area contributed by atoms with Gasteiger partial charge in [-0.2, -0.15) is 0 Å². The summed E-state index contributed by atoms with van der Waals surface area (Å²) in [6, 6.07) is 9.75. The van der Waals surface area contributed by atoms with Crippen LogP contribution in [0.1, 0.15) is 39.2 Å². The second-order valence-corrected chi connectivity index (χ2v) is 10.5. The van der Waals surface area contributed by atoms with Gasteiger partial charge < -0.3 is 10.6 Å². The van der Waals surface area contributed by atoms with Crippen molar-refractivity contribution in [3.8, 4) is 0 Å². The van der Waals surface area contributed by atoms with E-state index in [9.17, 15) is 13.2 Å². The van der Waals surface area contributed by atoms with Crippen LogP contribution >= 0.6 is 0 Å². The Hall–Kier alpha value is -1.44. The third kappa shape index (κ3) is 4.70. The highest BCUT2D eigenvalue weighted by molar-refractivity contribution is 7.89. The summed E-state index contributed by atoms with van der Waals surface area (Å²) >= 11 is 0. The third-order valence-corrected chi connectivity index (χ3v) is 7.52. The van der Waals surface area contributed by atoms with Crippen LogP contribution in [0.2, 0.25) is 0 Å². The number of sulfonamides is 1. The predicted molar refractivity (Wildman–Crippen MR) is 109 cm³/mol. The van der Waals surface area contributed by atoms with E-state index in [4.69, 9.17) is 5.73 Å². The summed E-state index contributed by atoms with van der Waals surface area (Å²) in [5, 5.41) is 0. The number of carbonyl (C=O) groups is 1. The van der Waals surface area contributed by atoms with Crippen molar-refractivity contribution in [2.45, 2.75) is 39.0 Å². The van der Waals surface area contributed by atoms with Crippen molar-refractivity contribution >= 4 is 15.9 Å². The SMILES string of the molecule is CCS(=O)(=O)N1CCC(C(=O)N(C)CC(C)(C)CN)(c2ccccc2)CC1. The Morgan fingerprint density at radius 2 is 1.78 bits per heavy atom. The predicted octanol–water partition coefficient (Wildman–Crippen LogP) is 1.81. The first-order valence-corrected chi connectivity index (χ1v) is 11.2. The minimum atomic E-state index is -3.24. The highest BCUT2D eigenvalue weighted by atomic mass is 32.2. The Kier molecular flexibility index (Phi) is 6.71. The molecule has 1 aromatic carbocycles. The second kappa shape index (κ2) is 8.29. The minimum Gasteiger partial charge on any atom is -0.344 e. The van der Waals surface area contributed by atoms with E-state index >= 15 is 0 Å². The molecule has 0 saturated carbocycles. The fourth-order valence-electron chi connectivity index (χ4n) is 3.86. The van der Waals surface area contributed by atoms with E-state index in [1.54, 1.807) is 11.8 Å². The average Bonchev–Trinajstić information content (AvgIpc) is 2.67. The molecule has 0 atom stereocenters. The highest BCUT2D eigenvalue weighted by Crippen LogP contribution is 2.38. The summed E-state index contributed by atoms with van der Waals surface area (Å²) in [5.74, 6) is 0.132. The molecule has 2 rings (SSSR count). The van der Waals surface area contributed by atoms with Gasteiger partial charge in [-0.3, -0.25) is 4.79 Å². The van der Waals surface area contributed by atoms with Crippen LogP contribution in [0.3, 0.4) is 0 Å². The maximum Gasteiger partial charge on any atom is 0.233 e. The van der Waals surface area contributed by atoms with Crippen LogP contribution in [0.5, 0.6) is 0 Å². The minimum absolute atomic E-state index is 0.0452. The first kappa shape index (κ1) is 21.9. The number of nitrogens with two attached hydrogens (primary N) is 1. The van der Waals surface area contributed by atoms with Crippen molar-refractivity contribution in [2.24, 2.45) is 11.1 Å². The van der Waals surface area contributed by atoms with Gasteiger partial charge in [-0.15, -0.1) is 0 Å². The Labute approximate surface area is 163 Å². The van der Waals surface area contributed by atoms with Gasteiger partial charge in [0.1, 0.15) is 0 Å². The van der Waals surface area contributed by atoms with E-state index < -0.39 is 15.4 Å². The summed E-state index contributed by atoms with van der Waals surface area (Å²) in [4.78, 5) is 15.3. The standard InChI is InChI=1S/C20H33N3O3S/c1-5-27(25,26)23-13-11-20(12-14-23,17-9-7-6-8-10-17)18(24)22(4)16-19(2,3)15-21/h6-10H,5,11-16,21H2,1-4H3. The topological polar surface area (TPSA) is 83.7 Å². The van der Waals surface area contributed by atoms with Crippen LogP contribution in [-0.4, -0.2) is 62.5 Å². The van der Waals surface area contributed by atoms with Crippen molar-refractivity contribution in [1.29, 1.82) is 0 Å². The summed E-state index contributed by atoms with van der Waals surface area (Å²) in [7, 11) is -1.42. The lowest BCUT2D eigenvalue weighted by molar-refractivity contribution is -0.139. The summed E-state index contributed by atoms with van der Waals surface area (Å²) in [6.45, 7) is 7.53. The molecule has 0 radical (unpaired) electrons. The van der Waals surface area contributed by atoms with Crippen LogP contribution in [0.25, 0.3) is 0 Å². The molecule has 1 amide bonds. The van der Waals surface area contributed by atoms with Crippen LogP contribution in [0.15, 0.2) is 30.3 Å². The van der Waals surface area contributed by atoms with Gasteiger partial charge >= 0.3 is 0 Å². The number of piperidine rings is 1. The quantitative estimate of drug-likeness (QED) is 0.763. The molecule has 1 aliphatic heterocycles. The maximum absolute atomic E-state index is 13.6. The van der Waals surface area contributed by atoms with Gasteiger partial charge in [0.15, 0.2) is 0 Å². The maximum atomic E-state index is 13.6. The fourth-order valence-corrected chi connectivity index (χ4v) is 4.96. The molecule has 7 heteroatoms. The molecule has 1 fully saturated rings. The molecule has 1 saturated heterocycles. The Balaban J connectivity index is 2.33. The Morgan fingerprint density at radius 3 is 2.26 bits per heavy atom. The number of likely N-dealkylation sites (N-methyl/N-ethyl adjacent to an activating group) is 1. The zero-order valence-corrected chi connectivity index (χ0v) is 17.8. The van der Waals surface area contributed by atoms with Crippen LogP contribution < -0.4 is 5.73 Å². The van der Waals surface area contributed by atoms with Gasteiger partial charge in [-0.1, -0.05) is 44.2 Å². The number of benzene rings is 1. The smallest absolute Gasteiger partial charge is 0.233 e. The van der Waals surface area contributed by atoms with E-state index in [0.29, 0.717) is 39.0 Å². The number of hydrogen-bond donors (Lipinski definition) is 1. The van der Waals surface area contributed by atoms with E-state index in [-0.39, 0.29) is 17.1 Å². The summed E-state index contributed by atoms with van der Waals surface area (Å²) < 4.78 is 26.0. The molecule has 0 unspecified atom stereocenters. The van der Waals surface area contributed by atoms with Crippen molar-refractivity contribution < 1.29 is 13.2 Å². The normalized spacial score (nSPS) is 18.3. The summed E-state index contributed by atoms with van der Waals surface area (Å²) in [6.07, 6.45) is 0.977. The monoisotopic (exact) mass is 395 g/mol. The molecule has 1 aromatic rings. The van der Waals surface area contributed by atoms with E-state index in [0.717, 1.165) is 5.56 Å². The van der Waals surface area contributed by atoms with Gasteiger partial charge in [-0.05, 0) is 37.3 Å². The first-order valence-electron chi connectivity index (χ1n) is 9.57. The third-order valence-electron chi connectivity index (χ3n) is 5.63. The average molecular weight is 396 g/mol. The molecule has 0 spiro atoms. The molecule has 152 valence electrons. The molecule has 1 aliphatic rings. The van der Waals surface area contributed by atoms with E-state index in [2.05, 4.69) is 0 Å². The zero-order chi connectivity index (χ0) is 20.3.